The maximum atomic E-state index is 10.0. The molecule has 112 valence electrons. The zero-order valence-electron chi connectivity index (χ0n) is 12.8. The van der Waals surface area contributed by atoms with Crippen LogP contribution in [0.5, 0.6) is 11.5 Å². The smallest absolute Gasteiger partial charge is 0.120 e. The number of hydrogen-bond acceptors (Lipinski definition) is 3. The number of phenolic OH excluding ortho intramolecular Hbond substituents is 2. The van der Waals surface area contributed by atoms with Gasteiger partial charge in [0.1, 0.15) is 11.5 Å². The van der Waals surface area contributed by atoms with Gasteiger partial charge in [0.05, 0.1) is 0 Å². The van der Waals surface area contributed by atoms with Crippen molar-refractivity contribution in [3.8, 4) is 11.5 Å². The summed E-state index contributed by atoms with van der Waals surface area (Å²) >= 11 is 0. The number of benzene rings is 2. The lowest BCUT2D eigenvalue weighted by molar-refractivity contribution is 0.382. The highest BCUT2D eigenvalue weighted by Gasteiger charge is 2.18. The van der Waals surface area contributed by atoms with Crippen molar-refractivity contribution < 1.29 is 10.2 Å². The van der Waals surface area contributed by atoms with Gasteiger partial charge in [-0.2, -0.15) is 0 Å². The van der Waals surface area contributed by atoms with Crippen LogP contribution in [0.2, 0.25) is 0 Å². The molecule has 0 bridgehead atoms. The number of phenols is 2. The fourth-order valence-corrected chi connectivity index (χ4v) is 2.53. The molecule has 3 nitrogen and oxygen atoms in total. The summed E-state index contributed by atoms with van der Waals surface area (Å²) in [5, 5.41) is 23.4. The maximum Gasteiger partial charge on any atom is 0.120 e. The molecular formula is C18H23NO2. The first-order valence-electron chi connectivity index (χ1n) is 7.29. The van der Waals surface area contributed by atoms with Gasteiger partial charge in [-0.3, -0.25) is 0 Å². The second kappa shape index (κ2) is 6.64. The molecule has 2 aromatic carbocycles. The van der Waals surface area contributed by atoms with Gasteiger partial charge in [0.2, 0.25) is 0 Å². The van der Waals surface area contributed by atoms with E-state index in [1.807, 2.05) is 37.3 Å². The molecule has 0 heterocycles. The Morgan fingerprint density at radius 1 is 1.00 bits per heavy atom. The third kappa shape index (κ3) is 3.76. The Hall–Kier alpha value is -2.00. The van der Waals surface area contributed by atoms with Crippen LogP contribution in [0.15, 0.2) is 42.5 Å². The summed E-state index contributed by atoms with van der Waals surface area (Å²) in [5.74, 6) is 0.926. The van der Waals surface area contributed by atoms with Crippen molar-refractivity contribution in [3.63, 3.8) is 0 Å². The van der Waals surface area contributed by atoms with E-state index in [0.717, 1.165) is 16.7 Å². The van der Waals surface area contributed by atoms with Crippen molar-refractivity contribution in [3.05, 3.63) is 59.2 Å². The Balaban J connectivity index is 2.18. The molecule has 0 amide bonds. The SMILES string of the molecule is Cc1ccc(O)c(CN[C@H](c2ccccc2O)C(C)C)c1. The zero-order chi connectivity index (χ0) is 15.4. The fraction of sp³-hybridized carbons (Fsp3) is 0.333. The van der Waals surface area contributed by atoms with E-state index < -0.39 is 0 Å². The lowest BCUT2D eigenvalue weighted by atomic mass is 9.95. The second-order valence-electron chi connectivity index (χ2n) is 5.79. The number of para-hydroxylation sites is 1. The quantitative estimate of drug-likeness (QED) is 0.781. The number of rotatable bonds is 5. The van der Waals surface area contributed by atoms with Crippen LogP contribution in [0.3, 0.4) is 0 Å². The van der Waals surface area contributed by atoms with Crippen LogP contribution >= 0.6 is 0 Å². The van der Waals surface area contributed by atoms with E-state index in [0.29, 0.717) is 24.0 Å². The van der Waals surface area contributed by atoms with Crippen LogP contribution < -0.4 is 5.32 Å². The third-order valence-electron chi connectivity index (χ3n) is 3.69. The third-order valence-corrected chi connectivity index (χ3v) is 3.69. The van der Waals surface area contributed by atoms with Crippen molar-refractivity contribution in [1.82, 2.24) is 5.32 Å². The van der Waals surface area contributed by atoms with Crippen LogP contribution in [-0.4, -0.2) is 10.2 Å². The molecular weight excluding hydrogens is 262 g/mol. The van der Waals surface area contributed by atoms with Crippen LogP contribution in [0, 0.1) is 12.8 Å². The molecule has 0 saturated heterocycles. The first-order valence-corrected chi connectivity index (χ1v) is 7.29. The van der Waals surface area contributed by atoms with Gasteiger partial charge in [-0.05, 0) is 25.0 Å². The van der Waals surface area contributed by atoms with Crippen molar-refractivity contribution in [2.24, 2.45) is 5.92 Å². The Morgan fingerprint density at radius 3 is 2.38 bits per heavy atom. The lowest BCUT2D eigenvalue weighted by Crippen LogP contribution is -2.25. The van der Waals surface area contributed by atoms with E-state index in [1.165, 1.54) is 0 Å². The minimum absolute atomic E-state index is 0.0334. The van der Waals surface area contributed by atoms with Gasteiger partial charge in [-0.15, -0.1) is 0 Å². The number of aromatic hydroxyl groups is 2. The fourth-order valence-electron chi connectivity index (χ4n) is 2.53. The molecule has 0 unspecified atom stereocenters. The standard InChI is InChI=1S/C18H23NO2/c1-12(2)18(15-6-4-5-7-17(15)21)19-11-14-10-13(3)8-9-16(14)20/h4-10,12,18-21H,11H2,1-3H3/t18-/m0/s1. The highest BCUT2D eigenvalue weighted by molar-refractivity contribution is 5.37. The Labute approximate surface area is 126 Å². The van der Waals surface area contributed by atoms with Gasteiger partial charge in [0.15, 0.2) is 0 Å². The van der Waals surface area contributed by atoms with Gasteiger partial charge >= 0.3 is 0 Å². The Bertz CT molecular complexity index is 608. The van der Waals surface area contributed by atoms with E-state index >= 15 is 0 Å². The molecule has 1 atom stereocenters. The van der Waals surface area contributed by atoms with Crippen molar-refractivity contribution >= 4 is 0 Å². The van der Waals surface area contributed by atoms with Gasteiger partial charge in [0, 0.05) is 23.7 Å². The molecule has 21 heavy (non-hydrogen) atoms. The van der Waals surface area contributed by atoms with Gasteiger partial charge < -0.3 is 15.5 Å². The zero-order valence-corrected chi connectivity index (χ0v) is 12.8. The van der Waals surface area contributed by atoms with Gasteiger partial charge in [-0.1, -0.05) is 49.7 Å². The van der Waals surface area contributed by atoms with Crippen molar-refractivity contribution in [2.75, 3.05) is 0 Å². The molecule has 0 aliphatic rings. The highest BCUT2D eigenvalue weighted by Crippen LogP contribution is 2.30. The molecule has 3 heteroatoms. The average Bonchev–Trinajstić information content (AvgIpc) is 2.44. The summed E-state index contributed by atoms with van der Waals surface area (Å²) in [4.78, 5) is 0. The Morgan fingerprint density at radius 2 is 1.71 bits per heavy atom. The summed E-state index contributed by atoms with van der Waals surface area (Å²) in [6.07, 6.45) is 0. The largest absolute Gasteiger partial charge is 0.508 e. The van der Waals surface area contributed by atoms with Crippen molar-refractivity contribution in [2.45, 2.75) is 33.4 Å². The molecule has 2 rings (SSSR count). The predicted octanol–water partition coefficient (Wildman–Crippen LogP) is 3.89. The predicted molar refractivity (Wildman–Crippen MR) is 85.4 cm³/mol. The average molecular weight is 285 g/mol. The topological polar surface area (TPSA) is 52.5 Å². The molecule has 0 aliphatic carbocycles. The molecule has 0 fully saturated rings. The van der Waals surface area contributed by atoms with E-state index in [1.54, 1.807) is 12.1 Å². The monoisotopic (exact) mass is 285 g/mol. The molecule has 0 saturated carbocycles. The summed E-state index contributed by atoms with van der Waals surface area (Å²) in [6.45, 7) is 6.79. The minimum atomic E-state index is 0.0334. The first kappa shape index (κ1) is 15.4. The van der Waals surface area contributed by atoms with Crippen LogP contribution in [-0.2, 0) is 6.54 Å². The molecule has 0 aromatic heterocycles. The molecule has 0 aliphatic heterocycles. The number of nitrogens with one attached hydrogen (secondary N) is 1. The minimum Gasteiger partial charge on any atom is -0.508 e. The molecule has 0 radical (unpaired) electrons. The summed E-state index contributed by atoms with van der Waals surface area (Å²) in [6, 6.07) is 13.0. The lowest BCUT2D eigenvalue weighted by Gasteiger charge is -2.24. The van der Waals surface area contributed by atoms with E-state index in [-0.39, 0.29) is 6.04 Å². The first-order chi connectivity index (χ1) is 9.99. The van der Waals surface area contributed by atoms with Crippen LogP contribution in [0.4, 0.5) is 0 Å². The molecule has 0 spiro atoms. The molecule has 3 N–H and O–H groups in total. The maximum absolute atomic E-state index is 10.0. The van der Waals surface area contributed by atoms with Crippen LogP contribution in [0.25, 0.3) is 0 Å². The number of hydrogen-bond donors (Lipinski definition) is 3. The summed E-state index contributed by atoms with van der Waals surface area (Å²) < 4.78 is 0. The van der Waals surface area contributed by atoms with Crippen molar-refractivity contribution in [1.29, 1.82) is 0 Å². The van der Waals surface area contributed by atoms with Crippen LogP contribution in [0.1, 0.15) is 36.6 Å². The normalized spacial score (nSPS) is 12.6. The molecule has 2 aromatic rings. The second-order valence-corrected chi connectivity index (χ2v) is 5.79. The van der Waals surface area contributed by atoms with E-state index in [4.69, 9.17) is 0 Å². The Kier molecular flexibility index (Phi) is 4.86. The van der Waals surface area contributed by atoms with Gasteiger partial charge in [0.25, 0.3) is 0 Å². The van der Waals surface area contributed by atoms with Gasteiger partial charge in [-0.25, -0.2) is 0 Å². The highest BCUT2D eigenvalue weighted by atomic mass is 16.3. The number of aryl methyl sites for hydroxylation is 1. The summed E-state index contributed by atoms with van der Waals surface area (Å²) in [5.41, 5.74) is 2.88. The van der Waals surface area contributed by atoms with E-state index in [9.17, 15) is 10.2 Å². The summed E-state index contributed by atoms with van der Waals surface area (Å²) in [7, 11) is 0. The van der Waals surface area contributed by atoms with E-state index in [2.05, 4.69) is 19.2 Å².